The van der Waals surface area contributed by atoms with Crippen LogP contribution in [-0.2, 0) is 14.8 Å². The molecular weight excluding hydrogens is 352 g/mol. The highest BCUT2D eigenvalue weighted by Gasteiger charge is 2.61. The monoisotopic (exact) mass is 373 g/mol. The Morgan fingerprint density at radius 2 is 1.88 bits per heavy atom. The van der Waals surface area contributed by atoms with E-state index in [2.05, 4.69) is 4.74 Å². The third-order valence-corrected chi connectivity index (χ3v) is 7.48. The van der Waals surface area contributed by atoms with Crippen molar-refractivity contribution in [3.63, 3.8) is 0 Å². The molecule has 138 valence electrons. The van der Waals surface area contributed by atoms with Gasteiger partial charge in [-0.1, -0.05) is 12.1 Å². The summed E-state index contributed by atoms with van der Waals surface area (Å²) in [6, 6.07) is 5.58. The molecule has 25 heavy (non-hydrogen) atoms. The van der Waals surface area contributed by atoms with Gasteiger partial charge in [0.2, 0.25) is 10.0 Å². The summed E-state index contributed by atoms with van der Waals surface area (Å²) in [6.07, 6.45) is 3.76. The molecule has 2 heterocycles. The van der Waals surface area contributed by atoms with Crippen molar-refractivity contribution < 1.29 is 26.7 Å². The van der Waals surface area contributed by atoms with Gasteiger partial charge in [0, 0.05) is 31.2 Å². The molecule has 8 heteroatoms. The van der Waals surface area contributed by atoms with Crippen molar-refractivity contribution >= 4 is 10.0 Å². The van der Waals surface area contributed by atoms with Crippen LogP contribution in [0.3, 0.4) is 0 Å². The van der Waals surface area contributed by atoms with Crippen LogP contribution in [0.1, 0.15) is 25.7 Å². The third-order valence-electron chi connectivity index (χ3n) is 5.62. The van der Waals surface area contributed by atoms with Gasteiger partial charge in [-0.3, -0.25) is 0 Å². The molecule has 3 aliphatic rings. The van der Waals surface area contributed by atoms with E-state index < -0.39 is 16.6 Å². The smallest absolute Gasteiger partial charge is 0.387 e. The van der Waals surface area contributed by atoms with E-state index in [0.717, 1.165) is 25.7 Å². The molecule has 0 bridgehead atoms. The van der Waals surface area contributed by atoms with Gasteiger partial charge in [-0.15, -0.1) is 0 Å². The van der Waals surface area contributed by atoms with Crippen molar-refractivity contribution in [1.29, 1.82) is 0 Å². The highest BCUT2D eigenvalue weighted by atomic mass is 32.2. The first-order valence-corrected chi connectivity index (χ1v) is 10.0. The number of alkyl halides is 2. The van der Waals surface area contributed by atoms with E-state index in [4.69, 9.17) is 4.74 Å². The van der Waals surface area contributed by atoms with Gasteiger partial charge < -0.3 is 9.47 Å². The van der Waals surface area contributed by atoms with Crippen LogP contribution in [0.5, 0.6) is 5.75 Å². The number of benzene rings is 1. The zero-order valence-corrected chi connectivity index (χ0v) is 14.6. The van der Waals surface area contributed by atoms with Crippen LogP contribution in [-0.4, -0.2) is 45.1 Å². The minimum absolute atomic E-state index is 0.0228. The summed E-state index contributed by atoms with van der Waals surface area (Å²) >= 11 is 0. The average Bonchev–Trinajstić information content (AvgIpc) is 3.38. The number of sulfonamides is 1. The van der Waals surface area contributed by atoms with E-state index in [1.54, 1.807) is 0 Å². The molecule has 5 nitrogen and oxygen atoms in total. The Bertz CT molecular complexity index is 745. The lowest BCUT2D eigenvalue weighted by molar-refractivity contribution is -0.101. The van der Waals surface area contributed by atoms with E-state index in [0.29, 0.717) is 25.7 Å². The largest absolute Gasteiger partial charge is 0.433 e. The molecule has 1 unspecified atom stereocenters. The zero-order chi connectivity index (χ0) is 17.7. The predicted molar refractivity (Wildman–Crippen MR) is 86.0 cm³/mol. The molecule has 1 aromatic carbocycles. The number of hydrogen-bond donors (Lipinski definition) is 0. The summed E-state index contributed by atoms with van der Waals surface area (Å²) in [4.78, 5) is -0.178. The molecule has 0 radical (unpaired) electrons. The molecule has 2 aliphatic heterocycles. The van der Waals surface area contributed by atoms with Crippen LogP contribution in [0, 0.1) is 11.3 Å². The topological polar surface area (TPSA) is 55.8 Å². The third kappa shape index (κ3) is 2.94. The molecular formula is C17H21F2NO4S. The van der Waals surface area contributed by atoms with Gasteiger partial charge in [-0.2, -0.15) is 13.1 Å². The Labute approximate surface area is 146 Å². The highest BCUT2D eigenvalue weighted by molar-refractivity contribution is 7.89. The van der Waals surface area contributed by atoms with Crippen LogP contribution >= 0.6 is 0 Å². The summed E-state index contributed by atoms with van der Waals surface area (Å²) < 4.78 is 63.0. The number of rotatable bonds is 5. The molecule has 1 atom stereocenters. The Kier molecular flexibility index (Phi) is 4.24. The van der Waals surface area contributed by atoms with E-state index in [1.807, 2.05) is 0 Å². The first kappa shape index (κ1) is 17.2. The Morgan fingerprint density at radius 1 is 1.20 bits per heavy atom. The van der Waals surface area contributed by atoms with E-state index in [-0.39, 0.29) is 22.1 Å². The van der Waals surface area contributed by atoms with Crippen LogP contribution < -0.4 is 4.74 Å². The van der Waals surface area contributed by atoms with Gasteiger partial charge in [0.05, 0.1) is 0 Å². The molecule has 1 saturated carbocycles. The fourth-order valence-electron chi connectivity index (χ4n) is 4.29. The summed E-state index contributed by atoms with van der Waals surface area (Å²) in [5.74, 6) is 0.0739. The molecule has 3 fully saturated rings. The summed E-state index contributed by atoms with van der Waals surface area (Å²) in [6.45, 7) is -1.32. The summed E-state index contributed by atoms with van der Waals surface area (Å²) in [5, 5.41) is 0. The predicted octanol–water partition coefficient (Wildman–Crippen LogP) is 2.87. The van der Waals surface area contributed by atoms with Crippen LogP contribution in [0.25, 0.3) is 0 Å². The second-order valence-electron chi connectivity index (χ2n) is 7.13. The van der Waals surface area contributed by atoms with Gasteiger partial charge in [0.15, 0.2) is 0 Å². The Hall–Kier alpha value is -1.25. The van der Waals surface area contributed by atoms with Crippen LogP contribution in [0.15, 0.2) is 29.2 Å². The molecule has 1 aromatic rings. The number of halogens is 2. The minimum atomic E-state index is -3.87. The van der Waals surface area contributed by atoms with Crippen molar-refractivity contribution in [2.24, 2.45) is 11.3 Å². The lowest BCUT2D eigenvalue weighted by Gasteiger charge is -2.58. The van der Waals surface area contributed by atoms with Crippen molar-refractivity contribution in [2.45, 2.75) is 43.2 Å². The molecule has 1 aliphatic carbocycles. The van der Waals surface area contributed by atoms with Gasteiger partial charge in [-0.25, -0.2) is 8.42 Å². The van der Waals surface area contributed by atoms with Gasteiger partial charge >= 0.3 is 6.61 Å². The fraction of sp³-hybridized carbons (Fsp3) is 0.647. The number of para-hydroxylation sites is 1. The van der Waals surface area contributed by atoms with E-state index in [1.165, 1.54) is 28.6 Å². The second-order valence-corrected chi connectivity index (χ2v) is 8.99. The molecule has 2 saturated heterocycles. The van der Waals surface area contributed by atoms with E-state index in [9.17, 15) is 17.2 Å². The molecule has 0 N–H and O–H groups in total. The highest BCUT2D eigenvalue weighted by Crippen LogP contribution is 2.56. The lowest BCUT2D eigenvalue weighted by Crippen LogP contribution is -2.68. The normalized spacial score (nSPS) is 26.6. The first-order chi connectivity index (χ1) is 11.9. The maximum Gasteiger partial charge on any atom is 0.387 e. The standard InChI is InChI=1S/C17H21F2NO4S/c18-16(19)24-13-3-1-2-4-14(13)25(21,22)20-11-17(7-9-23-10-8-17)15(20)12-5-6-12/h1-4,12,15-16H,5-11H2. The summed E-state index contributed by atoms with van der Waals surface area (Å²) in [7, 11) is -3.87. The SMILES string of the molecule is O=S(=O)(c1ccccc1OC(F)F)N1CC2(CCOCC2)C1C1CC1. The lowest BCUT2D eigenvalue weighted by atomic mass is 9.66. The quantitative estimate of drug-likeness (QED) is 0.796. The molecule has 4 rings (SSSR count). The number of ether oxygens (including phenoxy) is 2. The molecule has 1 spiro atoms. The van der Waals surface area contributed by atoms with Crippen molar-refractivity contribution in [3.05, 3.63) is 24.3 Å². The summed E-state index contributed by atoms with van der Waals surface area (Å²) in [5.41, 5.74) is -0.0228. The Morgan fingerprint density at radius 3 is 2.52 bits per heavy atom. The second kappa shape index (κ2) is 6.17. The van der Waals surface area contributed by atoms with E-state index >= 15 is 0 Å². The van der Waals surface area contributed by atoms with Crippen LogP contribution in [0.4, 0.5) is 8.78 Å². The van der Waals surface area contributed by atoms with Gasteiger partial charge in [0.1, 0.15) is 10.6 Å². The maximum atomic E-state index is 13.2. The zero-order valence-electron chi connectivity index (χ0n) is 13.7. The van der Waals surface area contributed by atoms with Crippen molar-refractivity contribution in [3.8, 4) is 5.75 Å². The minimum Gasteiger partial charge on any atom is -0.433 e. The van der Waals surface area contributed by atoms with Gasteiger partial charge in [0.25, 0.3) is 0 Å². The van der Waals surface area contributed by atoms with Gasteiger partial charge in [-0.05, 0) is 43.7 Å². The van der Waals surface area contributed by atoms with Crippen molar-refractivity contribution in [1.82, 2.24) is 4.31 Å². The Balaban J connectivity index is 1.65. The molecule has 0 aromatic heterocycles. The first-order valence-electron chi connectivity index (χ1n) is 8.57. The molecule has 0 amide bonds. The number of hydrogen-bond acceptors (Lipinski definition) is 4. The van der Waals surface area contributed by atoms with Crippen LogP contribution in [0.2, 0.25) is 0 Å². The number of nitrogens with zero attached hydrogens (tertiary/aromatic N) is 1. The van der Waals surface area contributed by atoms with Crippen molar-refractivity contribution in [2.75, 3.05) is 19.8 Å². The average molecular weight is 373 g/mol. The fourth-order valence-corrected chi connectivity index (χ4v) is 6.29. The maximum absolute atomic E-state index is 13.2.